The number of benzene rings is 2. The standard InChI is InChI=1S/C13H9O2.C4H9.CH3.Bi/c14-13(11-7-3-1-4-8-11)15-12-9-5-2-6-10-12;1-4(2)3;;/h2-10H;1-3H3;1H3;. The first kappa shape index (κ1) is 16.2. The van der Waals surface area contributed by atoms with Gasteiger partial charge in [0, 0.05) is 0 Å². The molecule has 0 aliphatic heterocycles. The Morgan fingerprint density at radius 1 is 0.952 bits per heavy atom. The fourth-order valence-corrected chi connectivity index (χ4v) is 7.19. The maximum absolute atomic E-state index is 12.1. The second-order valence-electron chi connectivity index (χ2n) is 5.98. The normalized spacial score (nSPS) is 11.5. The molecule has 0 saturated heterocycles. The monoisotopic (exact) mass is 478 g/mol. The van der Waals surface area contributed by atoms with Gasteiger partial charge in [0.15, 0.2) is 0 Å². The summed E-state index contributed by atoms with van der Waals surface area (Å²) < 4.78 is 9.60. The van der Waals surface area contributed by atoms with Crippen LogP contribution >= 0.6 is 0 Å². The number of ether oxygens (including phenoxy) is 1. The fraction of sp³-hybridized carbons (Fsp3) is 0.278. The molecule has 0 N–H and O–H groups in total. The SMILES string of the molecule is [CH3][Bi]([c]1ccc(C(=O)Oc2ccccc2)cc1)[C](C)(C)C. The van der Waals surface area contributed by atoms with E-state index < -0.39 is 21.8 Å². The summed E-state index contributed by atoms with van der Waals surface area (Å²) in [5, 5.41) is 0. The van der Waals surface area contributed by atoms with Crippen LogP contribution in [0.4, 0.5) is 0 Å². The van der Waals surface area contributed by atoms with Crippen molar-refractivity contribution in [1.82, 2.24) is 0 Å². The van der Waals surface area contributed by atoms with E-state index in [0.29, 0.717) is 14.4 Å². The predicted molar refractivity (Wildman–Crippen MR) is 88.8 cm³/mol. The van der Waals surface area contributed by atoms with Gasteiger partial charge in [-0.1, -0.05) is 0 Å². The van der Waals surface area contributed by atoms with E-state index in [9.17, 15) is 4.79 Å². The quantitative estimate of drug-likeness (QED) is 0.378. The van der Waals surface area contributed by atoms with Crippen LogP contribution in [0, 0.1) is 0 Å². The van der Waals surface area contributed by atoms with Crippen LogP contribution in [-0.4, -0.2) is 27.7 Å². The summed E-state index contributed by atoms with van der Waals surface area (Å²) in [6.45, 7) is 6.92. The van der Waals surface area contributed by atoms with Gasteiger partial charge in [0.1, 0.15) is 0 Å². The summed E-state index contributed by atoms with van der Waals surface area (Å²) >= 11 is -1.70. The van der Waals surface area contributed by atoms with Gasteiger partial charge in [-0.25, -0.2) is 0 Å². The van der Waals surface area contributed by atoms with Crippen molar-refractivity contribution in [1.29, 1.82) is 0 Å². The van der Waals surface area contributed by atoms with Crippen LogP contribution in [0.15, 0.2) is 54.6 Å². The van der Waals surface area contributed by atoms with Crippen LogP contribution < -0.4 is 8.01 Å². The third kappa shape index (κ3) is 4.38. The molecule has 21 heavy (non-hydrogen) atoms. The second kappa shape index (κ2) is 6.70. The van der Waals surface area contributed by atoms with Crippen LogP contribution in [0.5, 0.6) is 5.75 Å². The van der Waals surface area contributed by atoms with Crippen molar-refractivity contribution in [2.75, 3.05) is 0 Å². The predicted octanol–water partition coefficient (Wildman–Crippen LogP) is 4.04. The van der Waals surface area contributed by atoms with Gasteiger partial charge in [-0.15, -0.1) is 0 Å². The van der Waals surface area contributed by atoms with E-state index in [1.54, 1.807) is 12.1 Å². The maximum atomic E-state index is 12.1. The van der Waals surface area contributed by atoms with Gasteiger partial charge in [0.2, 0.25) is 0 Å². The van der Waals surface area contributed by atoms with E-state index in [2.05, 4.69) is 37.5 Å². The van der Waals surface area contributed by atoms with E-state index in [0.717, 1.165) is 0 Å². The first-order chi connectivity index (χ1) is 9.88. The topological polar surface area (TPSA) is 26.3 Å². The number of hydrogen-bond donors (Lipinski definition) is 0. The zero-order valence-corrected chi connectivity index (χ0v) is 16.4. The van der Waals surface area contributed by atoms with E-state index in [1.165, 1.54) is 3.27 Å². The van der Waals surface area contributed by atoms with Gasteiger partial charge < -0.3 is 0 Å². The Balaban J connectivity index is 2.10. The Hall–Kier alpha value is -1.21. The second-order valence-corrected chi connectivity index (χ2v) is 17.5. The summed E-state index contributed by atoms with van der Waals surface area (Å²) in [4.78, 5) is 12.1. The number of carbonyl (C=O) groups excluding carboxylic acids is 1. The van der Waals surface area contributed by atoms with E-state index in [1.807, 2.05) is 30.3 Å². The zero-order valence-electron chi connectivity index (χ0n) is 13.0. The van der Waals surface area contributed by atoms with E-state index >= 15 is 0 Å². The Morgan fingerprint density at radius 2 is 1.52 bits per heavy atom. The molecule has 0 amide bonds. The Kier molecular flexibility index (Phi) is 5.16. The molecule has 0 bridgehead atoms. The summed E-state index contributed by atoms with van der Waals surface area (Å²) in [6, 6.07) is 17.1. The minimum atomic E-state index is -1.70. The summed E-state index contributed by atoms with van der Waals surface area (Å²) in [7, 11) is 0. The molecule has 0 spiro atoms. The molecule has 0 heterocycles. The molecule has 2 aromatic carbocycles. The van der Waals surface area contributed by atoms with Crippen LogP contribution in [-0.2, 0) is 0 Å². The Morgan fingerprint density at radius 3 is 2.05 bits per heavy atom. The van der Waals surface area contributed by atoms with Gasteiger partial charge in [0.25, 0.3) is 0 Å². The Bertz CT molecular complexity index is 597. The first-order valence-corrected chi connectivity index (χ1v) is 13.9. The van der Waals surface area contributed by atoms with Gasteiger partial charge in [-0.3, -0.25) is 0 Å². The van der Waals surface area contributed by atoms with Gasteiger partial charge in [-0.05, 0) is 0 Å². The Labute approximate surface area is 134 Å². The number of para-hydroxylation sites is 1. The average Bonchev–Trinajstić information content (AvgIpc) is 2.46. The molecule has 3 heteroatoms. The molecule has 0 radical (unpaired) electrons. The van der Waals surface area contributed by atoms with Crippen molar-refractivity contribution in [3.05, 3.63) is 60.2 Å². The average molecular weight is 478 g/mol. The van der Waals surface area contributed by atoms with Crippen molar-refractivity contribution >= 4 is 31.0 Å². The zero-order chi connectivity index (χ0) is 15.5. The molecule has 0 saturated carbocycles. The molecule has 0 fully saturated rings. The van der Waals surface area contributed by atoms with E-state index in [-0.39, 0.29) is 5.97 Å². The van der Waals surface area contributed by atoms with Crippen molar-refractivity contribution < 1.29 is 9.53 Å². The summed E-state index contributed by atoms with van der Waals surface area (Å²) in [5.41, 5.74) is 0.605. The molecular weight excluding hydrogens is 457 g/mol. The van der Waals surface area contributed by atoms with Crippen LogP contribution in [0.1, 0.15) is 31.1 Å². The summed E-state index contributed by atoms with van der Waals surface area (Å²) in [6.07, 6.45) is 0. The third-order valence-corrected chi connectivity index (χ3v) is 15.4. The van der Waals surface area contributed by atoms with Gasteiger partial charge in [-0.2, -0.15) is 0 Å². The van der Waals surface area contributed by atoms with Crippen LogP contribution in [0.25, 0.3) is 0 Å². The number of hydrogen-bond acceptors (Lipinski definition) is 2. The van der Waals surface area contributed by atoms with Crippen molar-refractivity contribution in [3.63, 3.8) is 0 Å². The van der Waals surface area contributed by atoms with Crippen molar-refractivity contribution in [3.8, 4) is 5.75 Å². The number of carbonyl (C=O) groups is 1. The molecule has 0 aliphatic rings. The van der Waals surface area contributed by atoms with E-state index in [4.69, 9.17) is 4.74 Å². The molecule has 0 atom stereocenters. The first-order valence-electron chi connectivity index (χ1n) is 6.99. The number of esters is 1. The third-order valence-electron chi connectivity index (χ3n) is 3.45. The van der Waals surface area contributed by atoms with Gasteiger partial charge in [0.05, 0.1) is 0 Å². The minimum absolute atomic E-state index is 0.300. The van der Waals surface area contributed by atoms with Crippen LogP contribution in [0.3, 0.4) is 0 Å². The molecular formula is C18H21BiO2. The molecule has 2 nitrogen and oxygen atoms in total. The van der Waals surface area contributed by atoms with Crippen LogP contribution in [0.2, 0.25) is 7.75 Å². The molecule has 0 unspecified atom stereocenters. The molecule has 110 valence electrons. The molecule has 0 aliphatic carbocycles. The number of rotatable bonds is 3. The fourth-order valence-electron chi connectivity index (χ4n) is 1.86. The molecule has 2 aromatic rings. The van der Waals surface area contributed by atoms with Gasteiger partial charge >= 0.3 is 135 Å². The molecule has 0 aromatic heterocycles. The van der Waals surface area contributed by atoms with Crippen molar-refractivity contribution in [2.24, 2.45) is 0 Å². The van der Waals surface area contributed by atoms with Crippen molar-refractivity contribution in [2.45, 2.75) is 28.5 Å². The molecule has 2 rings (SSSR count). The summed E-state index contributed by atoms with van der Waals surface area (Å²) in [5.74, 6) is 0.277.